The smallest absolute Gasteiger partial charge is 0.131 e. The molecule has 20 heavy (non-hydrogen) atoms. The highest BCUT2D eigenvalue weighted by Gasteiger charge is 2.07. The van der Waals surface area contributed by atoms with Crippen molar-refractivity contribution in [3.63, 3.8) is 0 Å². The highest BCUT2D eigenvalue weighted by molar-refractivity contribution is 5.89. The van der Waals surface area contributed by atoms with E-state index >= 15 is 0 Å². The quantitative estimate of drug-likeness (QED) is 0.781. The van der Waals surface area contributed by atoms with Crippen LogP contribution in [0.3, 0.4) is 0 Å². The number of pyridine rings is 1. The number of aromatic nitrogens is 1. The number of rotatable bonds is 3. The second-order valence-corrected chi connectivity index (χ2v) is 4.57. The first-order valence-electron chi connectivity index (χ1n) is 6.66. The van der Waals surface area contributed by atoms with Gasteiger partial charge in [0.25, 0.3) is 0 Å². The summed E-state index contributed by atoms with van der Waals surface area (Å²) in [6, 6.07) is 18.0. The number of ether oxygens (including phenoxy) is 1. The lowest BCUT2D eigenvalue weighted by Crippen LogP contribution is -1.96. The van der Waals surface area contributed by atoms with Crippen LogP contribution in [0.25, 0.3) is 22.0 Å². The lowest BCUT2D eigenvalue weighted by Gasteiger charge is -2.09. The molecule has 2 N–H and O–H groups in total. The van der Waals surface area contributed by atoms with Crippen molar-refractivity contribution < 1.29 is 4.74 Å². The van der Waals surface area contributed by atoms with E-state index in [2.05, 4.69) is 11.1 Å². The second kappa shape index (κ2) is 5.21. The van der Waals surface area contributed by atoms with Crippen molar-refractivity contribution in [3.05, 3.63) is 54.6 Å². The average molecular weight is 264 g/mol. The molecule has 2 aromatic carbocycles. The normalized spacial score (nSPS) is 10.7. The summed E-state index contributed by atoms with van der Waals surface area (Å²) in [6.07, 6.45) is 0. The molecule has 3 heteroatoms. The van der Waals surface area contributed by atoms with Gasteiger partial charge in [0, 0.05) is 10.9 Å². The zero-order valence-electron chi connectivity index (χ0n) is 11.3. The molecule has 0 aliphatic heterocycles. The van der Waals surface area contributed by atoms with Gasteiger partial charge in [-0.1, -0.05) is 30.3 Å². The monoisotopic (exact) mass is 264 g/mol. The van der Waals surface area contributed by atoms with Crippen molar-refractivity contribution in [2.75, 3.05) is 12.3 Å². The molecule has 0 spiro atoms. The highest BCUT2D eigenvalue weighted by Crippen LogP contribution is 2.29. The maximum Gasteiger partial charge on any atom is 0.131 e. The van der Waals surface area contributed by atoms with Crippen LogP contribution < -0.4 is 10.5 Å². The molecular weight excluding hydrogens is 248 g/mol. The van der Waals surface area contributed by atoms with Crippen molar-refractivity contribution in [1.29, 1.82) is 0 Å². The summed E-state index contributed by atoms with van der Waals surface area (Å²) in [5.41, 5.74) is 8.97. The van der Waals surface area contributed by atoms with Crippen LogP contribution in [0.4, 0.5) is 5.82 Å². The van der Waals surface area contributed by atoms with E-state index in [1.165, 1.54) is 0 Å². The number of hydrogen-bond donors (Lipinski definition) is 1. The molecule has 3 nitrogen and oxygen atoms in total. The molecule has 0 amide bonds. The molecule has 0 unspecified atom stereocenters. The van der Waals surface area contributed by atoms with Gasteiger partial charge >= 0.3 is 0 Å². The first-order valence-corrected chi connectivity index (χ1v) is 6.66. The van der Waals surface area contributed by atoms with Crippen LogP contribution in [0.15, 0.2) is 54.6 Å². The zero-order chi connectivity index (χ0) is 13.9. The van der Waals surface area contributed by atoms with Crippen LogP contribution in [-0.4, -0.2) is 11.6 Å². The summed E-state index contributed by atoms with van der Waals surface area (Å²) >= 11 is 0. The molecule has 1 aromatic heterocycles. The Balaban J connectivity index is 2.16. The minimum atomic E-state index is 0.549. The van der Waals surface area contributed by atoms with E-state index in [1.54, 1.807) is 0 Å². The van der Waals surface area contributed by atoms with E-state index in [9.17, 15) is 0 Å². The van der Waals surface area contributed by atoms with Gasteiger partial charge in [-0.05, 0) is 36.8 Å². The standard InChI is InChI=1S/C17H16N2O/c1-2-20-14-8-9-16-13(10-14)11-15(17(18)19-16)12-6-4-3-5-7-12/h3-11H,2H2,1H3,(H2,18,19). The lowest BCUT2D eigenvalue weighted by atomic mass is 10.0. The van der Waals surface area contributed by atoms with Gasteiger partial charge in [-0.15, -0.1) is 0 Å². The molecule has 1 heterocycles. The maximum atomic E-state index is 6.07. The van der Waals surface area contributed by atoms with E-state index in [-0.39, 0.29) is 0 Å². The zero-order valence-corrected chi connectivity index (χ0v) is 11.3. The molecule has 100 valence electrons. The Morgan fingerprint density at radius 1 is 1.05 bits per heavy atom. The predicted molar refractivity (Wildman–Crippen MR) is 82.8 cm³/mol. The topological polar surface area (TPSA) is 48.1 Å². The van der Waals surface area contributed by atoms with Gasteiger partial charge in [-0.25, -0.2) is 4.98 Å². The van der Waals surface area contributed by atoms with Gasteiger partial charge in [0.15, 0.2) is 0 Å². The minimum Gasteiger partial charge on any atom is -0.494 e. The van der Waals surface area contributed by atoms with E-state index < -0.39 is 0 Å². The van der Waals surface area contributed by atoms with Crippen LogP contribution in [0.5, 0.6) is 5.75 Å². The van der Waals surface area contributed by atoms with E-state index in [0.29, 0.717) is 12.4 Å². The molecule has 3 rings (SSSR count). The third-order valence-corrected chi connectivity index (χ3v) is 3.21. The van der Waals surface area contributed by atoms with Crippen molar-refractivity contribution in [2.24, 2.45) is 0 Å². The number of anilines is 1. The Morgan fingerprint density at radius 3 is 2.60 bits per heavy atom. The molecule has 0 atom stereocenters. The van der Waals surface area contributed by atoms with Crippen molar-refractivity contribution in [2.45, 2.75) is 6.92 Å². The predicted octanol–water partition coefficient (Wildman–Crippen LogP) is 3.88. The minimum absolute atomic E-state index is 0.549. The molecule has 0 bridgehead atoms. The summed E-state index contributed by atoms with van der Waals surface area (Å²) in [6.45, 7) is 2.63. The number of nitrogens with two attached hydrogens (primary N) is 1. The van der Waals surface area contributed by atoms with Gasteiger partial charge < -0.3 is 10.5 Å². The second-order valence-electron chi connectivity index (χ2n) is 4.57. The van der Waals surface area contributed by atoms with Crippen molar-refractivity contribution in [1.82, 2.24) is 4.98 Å². The van der Waals surface area contributed by atoms with Crippen LogP contribution in [0.1, 0.15) is 6.92 Å². The number of hydrogen-bond acceptors (Lipinski definition) is 3. The maximum absolute atomic E-state index is 6.07. The Morgan fingerprint density at radius 2 is 1.85 bits per heavy atom. The summed E-state index contributed by atoms with van der Waals surface area (Å²) in [5.74, 6) is 1.40. The Bertz CT molecular complexity index is 739. The van der Waals surface area contributed by atoms with Crippen molar-refractivity contribution >= 4 is 16.7 Å². The number of nitrogen functional groups attached to an aromatic ring is 1. The summed E-state index contributed by atoms with van der Waals surface area (Å²) < 4.78 is 5.53. The third kappa shape index (κ3) is 2.30. The first kappa shape index (κ1) is 12.5. The van der Waals surface area contributed by atoms with Crippen LogP contribution in [0.2, 0.25) is 0 Å². The summed E-state index contributed by atoms with van der Waals surface area (Å²) in [7, 11) is 0. The molecular formula is C17H16N2O. The molecule has 0 radical (unpaired) electrons. The van der Waals surface area contributed by atoms with Crippen LogP contribution >= 0.6 is 0 Å². The summed E-state index contributed by atoms with van der Waals surface area (Å²) in [5, 5.41) is 1.03. The van der Waals surface area contributed by atoms with E-state index in [0.717, 1.165) is 27.8 Å². The lowest BCUT2D eigenvalue weighted by molar-refractivity contribution is 0.340. The van der Waals surface area contributed by atoms with Gasteiger partial charge in [0.1, 0.15) is 11.6 Å². The number of benzene rings is 2. The first-order chi connectivity index (χ1) is 9.78. The van der Waals surface area contributed by atoms with Gasteiger partial charge in [-0.2, -0.15) is 0 Å². The average Bonchev–Trinajstić information content (AvgIpc) is 2.48. The molecule has 0 fully saturated rings. The number of fused-ring (bicyclic) bond motifs is 1. The Hall–Kier alpha value is -2.55. The molecule has 0 aliphatic rings. The fraction of sp³-hybridized carbons (Fsp3) is 0.118. The fourth-order valence-corrected chi connectivity index (χ4v) is 2.27. The van der Waals surface area contributed by atoms with E-state index in [1.807, 2.05) is 55.5 Å². The third-order valence-electron chi connectivity index (χ3n) is 3.21. The van der Waals surface area contributed by atoms with Gasteiger partial charge in [0.05, 0.1) is 12.1 Å². The van der Waals surface area contributed by atoms with E-state index in [4.69, 9.17) is 10.5 Å². The Kier molecular flexibility index (Phi) is 3.25. The molecule has 0 saturated heterocycles. The number of nitrogens with zero attached hydrogens (tertiary/aromatic N) is 1. The SMILES string of the molecule is CCOc1ccc2nc(N)c(-c3ccccc3)cc2c1. The highest BCUT2D eigenvalue weighted by atomic mass is 16.5. The Labute approximate surface area is 118 Å². The molecule has 3 aromatic rings. The fourth-order valence-electron chi connectivity index (χ4n) is 2.27. The molecule has 0 aliphatic carbocycles. The van der Waals surface area contributed by atoms with Gasteiger partial charge in [0.2, 0.25) is 0 Å². The molecule has 0 saturated carbocycles. The van der Waals surface area contributed by atoms with Crippen LogP contribution in [0, 0.1) is 0 Å². The summed E-state index contributed by atoms with van der Waals surface area (Å²) in [4.78, 5) is 4.48. The largest absolute Gasteiger partial charge is 0.494 e. The van der Waals surface area contributed by atoms with Crippen molar-refractivity contribution in [3.8, 4) is 16.9 Å². The van der Waals surface area contributed by atoms with Crippen LogP contribution in [-0.2, 0) is 0 Å². The van der Waals surface area contributed by atoms with Gasteiger partial charge in [-0.3, -0.25) is 0 Å².